The predicted molar refractivity (Wildman–Crippen MR) is 212 cm³/mol. The summed E-state index contributed by atoms with van der Waals surface area (Å²) in [6.45, 7) is 0. The average Bonchev–Trinajstić information content (AvgIpc) is 3.55. The number of hydrogen-bond donors (Lipinski definition) is 0. The molecule has 1 aromatic heterocycles. The highest BCUT2D eigenvalue weighted by atomic mass is 15.2. The van der Waals surface area contributed by atoms with E-state index in [2.05, 4.69) is 216 Å². The van der Waals surface area contributed by atoms with Crippen LogP contribution in [0.15, 0.2) is 206 Å². The van der Waals surface area contributed by atoms with Crippen LogP contribution in [0.3, 0.4) is 0 Å². The average molecular weight is 639 g/mol. The van der Waals surface area contributed by atoms with Gasteiger partial charge in [0.25, 0.3) is 0 Å². The molecule has 2 heteroatoms. The van der Waals surface area contributed by atoms with E-state index in [0.29, 0.717) is 0 Å². The van der Waals surface area contributed by atoms with Gasteiger partial charge in [0.1, 0.15) is 0 Å². The summed E-state index contributed by atoms with van der Waals surface area (Å²) in [5.41, 5.74) is 13.9. The van der Waals surface area contributed by atoms with E-state index in [1.54, 1.807) is 0 Å². The minimum Gasteiger partial charge on any atom is -0.309 e. The molecule has 0 aliphatic heterocycles. The second-order valence-electron chi connectivity index (χ2n) is 12.5. The van der Waals surface area contributed by atoms with Crippen molar-refractivity contribution in [3.8, 4) is 39.1 Å². The van der Waals surface area contributed by atoms with Crippen LogP contribution in [-0.4, -0.2) is 4.57 Å². The molecule has 0 spiro atoms. The molecule has 0 aliphatic rings. The van der Waals surface area contributed by atoms with Crippen LogP contribution in [0.4, 0.5) is 17.1 Å². The van der Waals surface area contributed by atoms with E-state index in [4.69, 9.17) is 0 Å². The number of rotatable bonds is 7. The molecule has 1 heterocycles. The molecule has 2 nitrogen and oxygen atoms in total. The van der Waals surface area contributed by atoms with Crippen LogP contribution in [0.2, 0.25) is 0 Å². The normalized spacial score (nSPS) is 11.2. The molecule has 0 amide bonds. The molecule has 0 saturated heterocycles. The van der Waals surface area contributed by atoms with Crippen LogP contribution in [0.1, 0.15) is 0 Å². The first-order chi connectivity index (χ1) is 24.8. The van der Waals surface area contributed by atoms with Gasteiger partial charge in [0.05, 0.1) is 28.1 Å². The van der Waals surface area contributed by atoms with Gasteiger partial charge in [-0.25, -0.2) is 0 Å². The maximum atomic E-state index is 2.50. The summed E-state index contributed by atoms with van der Waals surface area (Å²) in [6, 6.07) is 74.1. The third kappa shape index (κ3) is 5.15. The van der Waals surface area contributed by atoms with Crippen molar-refractivity contribution in [3.05, 3.63) is 206 Å². The van der Waals surface area contributed by atoms with Crippen LogP contribution >= 0.6 is 0 Å². The molecular formula is C48H34N2. The third-order valence-electron chi connectivity index (χ3n) is 9.59. The largest absolute Gasteiger partial charge is 0.309 e. The molecule has 0 unspecified atom stereocenters. The summed E-state index contributed by atoms with van der Waals surface area (Å²) in [4.78, 5) is 2.50. The van der Waals surface area contributed by atoms with Gasteiger partial charge in [0.15, 0.2) is 0 Å². The highest BCUT2D eigenvalue weighted by Gasteiger charge is 2.25. The van der Waals surface area contributed by atoms with Gasteiger partial charge in [-0.15, -0.1) is 0 Å². The molecule has 0 aliphatic carbocycles. The molecule has 0 radical (unpaired) electrons. The van der Waals surface area contributed by atoms with Gasteiger partial charge in [-0.3, -0.25) is 0 Å². The SMILES string of the molecule is c1ccc(-c2ccc(-c3ccccc3)c(N(c3ccccc3-c3ccccc3)c3cccc4c3c3ccccc3n4-c3ccccc3)c2)cc1. The Balaban J connectivity index is 1.42. The summed E-state index contributed by atoms with van der Waals surface area (Å²) in [7, 11) is 0. The smallest absolute Gasteiger partial charge is 0.0562 e. The molecular weight excluding hydrogens is 605 g/mol. The van der Waals surface area contributed by atoms with Crippen molar-refractivity contribution >= 4 is 38.9 Å². The topological polar surface area (TPSA) is 8.17 Å². The molecule has 8 aromatic carbocycles. The van der Waals surface area contributed by atoms with E-state index in [-0.39, 0.29) is 0 Å². The summed E-state index contributed by atoms with van der Waals surface area (Å²) >= 11 is 0. The third-order valence-corrected chi connectivity index (χ3v) is 9.59. The van der Waals surface area contributed by atoms with Crippen molar-refractivity contribution in [2.24, 2.45) is 0 Å². The summed E-state index contributed by atoms with van der Waals surface area (Å²) in [5, 5.41) is 2.42. The molecule has 0 bridgehead atoms. The van der Waals surface area contributed by atoms with Crippen LogP contribution in [0, 0.1) is 0 Å². The highest BCUT2D eigenvalue weighted by molar-refractivity contribution is 6.17. The second-order valence-corrected chi connectivity index (χ2v) is 12.5. The van der Waals surface area contributed by atoms with Crippen molar-refractivity contribution in [3.63, 3.8) is 0 Å². The number of benzene rings is 8. The quantitative estimate of drug-likeness (QED) is 0.169. The van der Waals surface area contributed by atoms with E-state index in [9.17, 15) is 0 Å². The number of aromatic nitrogens is 1. The Morgan fingerprint density at radius 2 is 0.840 bits per heavy atom. The fourth-order valence-corrected chi connectivity index (χ4v) is 7.35. The minimum atomic E-state index is 1.12. The van der Waals surface area contributed by atoms with Gasteiger partial charge in [0, 0.05) is 27.6 Å². The molecule has 0 fully saturated rings. The van der Waals surface area contributed by atoms with E-state index < -0.39 is 0 Å². The zero-order chi connectivity index (χ0) is 33.3. The Labute approximate surface area is 292 Å². The lowest BCUT2D eigenvalue weighted by Gasteiger charge is -2.31. The van der Waals surface area contributed by atoms with Gasteiger partial charge in [-0.1, -0.05) is 164 Å². The molecule has 0 N–H and O–H groups in total. The molecule has 50 heavy (non-hydrogen) atoms. The monoisotopic (exact) mass is 638 g/mol. The van der Waals surface area contributed by atoms with Crippen molar-refractivity contribution in [2.45, 2.75) is 0 Å². The second kappa shape index (κ2) is 12.8. The summed E-state index contributed by atoms with van der Waals surface area (Å²) in [5.74, 6) is 0. The Morgan fingerprint density at radius 3 is 1.54 bits per heavy atom. The molecule has 0 atom stereocenters. The molecule has 0 saturated carbocycles. The van der Waals surface area contributed by atoms with Gasteiger partial charge in [-0.05, 0) is 64.7 Å². The zero-order valence-corrected chi connectivity index (χ0v) is 27.5. The first-order valence-corrected chi connectivity index (χ1v) is 17.1. The number of anilines is 3. The highest BCUT2D eigenvalue weighted by Crippen LogP contribution is 2.49. The fraction of sp³-hybridized carbons (Fsp3) is 0. The fourth-order valence-electron chi connectivity index (χ4n) is 7.35. The number of nitrogens with zero attached hydrogens (tertiary/aromatic N) is 2. The van der Waals surface area contributed by atoms with Gasteiger partial charge < -0.3 is 9.47 Å². The van der Waals surface area contributed by atoms with Gasteiger partial charge in [0.2, 0.25) is 0 Å². The number of para-hydroxylation sites is 3. The first kappa shape index (κ1) is 29.5. The van der Waals surface area contributed by atoms with Crippen molar-refractivity contribution in [1.29, 1.82) is 0 Å². The first-order valence-electron chi connectivity index (χ1n) is 17.1. The van der Waals surface area contributed by atoms with E-state index in [0.717, 1.165) is 33.8 Å². The Hall–Kier alpha value is -6.64. The van der Waals surface area contributed by atoms with Crippen molar-refractivity contribution in [1.82, 2.24) is 4.57 Å². The molecule has 9 aromatic rings. The minimum absolute atomic E-state index is 1.12. The lowest BCUT2D eigenvalue weighted by molar-refractivity contribution is 1.18. The van der Waals surface area contributed by atoms with Crippen LogP contribution in [-0.2, 0) is 0 Å². The maximum Gasteiger partial charge on any atom is 0.0562 e. The van der Waals surface area contributed by atoms with Crippen LogP contribution < -0.4 is 4.90 Å². The van der Waals surface area contributed by atoms with E-state index in [1.807, 2.05) is 0 Å². The van der Waals surface area contributed by atoms with Crippen molar-refractivity contribution in [2.75, 3.05) is 4.90 Å². The van der Waals surface area contributed by atoms with Gasteiger partial charge >= 0.3 is 0 Å². The van der Waals surface area contributed by atoms with Gasteiger partial charge in [-0.2, -0.15) is 0 Å². The Morgan fingerprint density at radius 1 is 0.320 bits per heavy atom. The summed E-state index contributed by atoms with van der Waals surface area (Å²) < 4.78 is 2.40. The zero-order valence-electron chi connectivity index (χ0n) is 27.5. The maximum absolute atomic E-state index is 2.50. The molecule has 236 valence electrons. The van der Waals surface area contributed by atoms with E-state index >= 15 is 0 Å². The van der Waals surface area contributed by atoms with Crippen molar-refractivity contribution < 1.29 is 0 Å². The number of fused-ring (bicyclic) bond motifs is 3. The predicted octanol–water partition coefficient (Wildman–Crippen LogP) is 13.3. The lowest BCUT2D eigenvalue weighted by Crippen LogP contribution is -2.13. The van der Waals surface area contributed by atoms with Crippen LogP contribution in [0.25, 0.3) is 60.9 Å². The van der Waals surface area contributed by atoms with E-state index in [1.165, 1.54) is 44.1 Å². The van der Waals surface area contributed by atoms with Crippen LogP contribution in [0.5, 0.6) is 0 Å². The molecule has 9 rings (SSSR count). The lowest BCUT2D eigenvalue weighted by atomic mass is 9.95. The standard InChI is InChI=1S/C48H34N2/c1-5-18-35(19-6-1)38-32-33-41(37-22-9-3-10-23-37)47(34-38)50(43-28-15-13-26-40(43)36-20-7-2-8-21-36)46-31-17-30-45-48(46)42-27-14-16-29-44(42)49(45)39-24-11-4-12-25-39/h1-34H. The number of hydrogen-bond acceptors (Lipinski definition) is 1. The summed E-state index contributed by atoms with van der Waals surface area (Å²) in [6.07, 6.45) is 0. The Kier molecular flexibility index (Phi) is 7.53. The Bertz CT molecular complexity index is 2570.